The van der Waals surface area contributed by atoms with Crippen LogP contribution in [0.4, 0.5) is 5.82 Å². The Labute approximate surface area is 124 Å². The van der Waals surface area contributed by atoms with Crippen LogP contribution in [0.25, 0.3) is 0 Å². The van der Waals surface area contributed by atoms with Crippen LogP contribution in [0.3, 0.4) is 0 Å². The molecule has 1 aliphatic heterocycles. The minimum absolute atomic E-state index is 0.0143. The van der Waals surface area contributed by atoms with Crippen molar-refractivity contribution in [1.29, 1.82) is 0 Å². The van der Waals surface area contributed by atoms with E-state index in [-0.39, 0.29) is 11.8 Å². The molecule has 1 fully saturated rings. The maximum absolute atomic E-state index is 12.1. The predicted octanol–water partition coefficient (Wildman–Crippen LogP) is 0.464. The number of piperidine rings is 1. The van der Waals surface area contributed by atoms with Crippen LogP contribution in [0.15, 0.2) is 12.1 Å². The number of methoxy groups -OCH3 is 2. The molecule has 116 valence electrons. The fourth-order valence-corrected chi connectivity index (χ4v) is 2.41. The third kappa shape index (κ3) is 4.29. The number of ether oxygens (including phenoxy) is 2. The van der Waals surface area contributed by atoms with Crippen molar-refractivity contribution in [3.05, 3.63) is 12.1 Å². The molecule has 21 heavy (non-hydrogen) atoms. The molecule has 0 radical (unpaired) electrons. The summed E-state index contributed by atoms with van der Waals surface area (Å²) in [5, 5.41) is 11.0. The molecule has 0 aliphatic carbocycles. The number of aromatic nitrogens is 2. The molecule has 1 saturated heterocycles. The van der Waals surface area contributed by atoms with E-state index in [1.807, 2.05) is 6.07 Å². The van der Waals surface area contributed by atoms with E-state index in [0.717, 1.165) is 25.2 Å². The Morgan fingerprint density at radius 2 is 2.29 bits per heavy atom. The molecule has 1 N–H and O–H groups in total. The zero-order valence-corrected chi connectivity index (χ0v) is 12.5. The molecule has 2 heterocycles. The fourth-order valence-electron chi connectivity index (χ4n) is 2.41. The van der Waals surface area contributed by atoms with Crippen LogP contribution in [-0.2, 0) is 9.53 Å². The molecule has 1 aromatic heterocycles. The predicted molar refractivity (Wildman–Crippen MR) is 78.4 cm³/mol. The fraction of sp³-hybridized carbons (Fsp3) is 0.643. The lowest BCUT2D eigenvalue weighted by Gasteiger charge is -2.32. The minimum Gasteiger partial charge on any atom is -0.480 e. The van der Waals surface area contributed by atoms with Gasteiger partial charge in [-0.15, -0.1) is 10.2 Å². The van der Waals surface area contributed by atoms with Crippen molar-refractivity contribution >= 4 is 11.7 Å². The topological polar surface area (TPSA) is 76.6 Å². The van der Waals surface area contributed by atoms with Crippen molar-refractivity contribution in [2.45, 2.75) is 12.8 Å². The highest BCUT2D eigenvalue weighted by Gasteiger charge is 2.26. The van der Waals surface area contributed by atoms with Gasteiger partial charge in [0, 0.05) is 32.8 Å². The molecule has 7 heteroatoms. The normalized spacial score (nSPS) is 18.4. The number of carbonyl (C=O) groups is 1. The van der Waals surface area contributed by atoms with Gasteiger partial charge in [-0.05, 0) is 18.9 Å². The number of anilines is 1. The molecule has 1 aliphatic rings. The van der Waals surface area contributed by atoms with Gasteiger partial charge in [0.2, 0.25) is 11.8 Å². The summed E-state index contributed by atoms with van der Waals surface area (Å²) in [6, 6.07) is 3.65. The maximum atomic E-state index is 12.1. The standard InChI is InChI=1S/C14H22N4O3/c1-20-9-7-15-14(19)11-4-3-8-18(10-11)12-5-6-13(21-2)17-16-12/h5-6,11H,3-4,7-10H2,1-2H3,(H,15,19)/t11-/m0/s1. The van der Waals surface area contributed by atoms with E-state index in [1.165, 1.54) is 0 Å². The Bertz CT molecular complexity index is 452. The lowest BCUT2D eigenvalue weighted by Crippen LogP contribution is -2.44. The first-order valence-electron chi connectivity index (χ1n) is 7.14. The van der Waals surface area contributed by atoms with Crippen molar-refractivity contribution in [3.8, 4) is 5.88 Å². The highest BCUT2D eigenvalue weighted by atomic mass is 16.5. The van der Waals surface area contributed by atoms with Crippen molar-refractivity contribution in [2.75, 3.05) is 45.4 Å². The number of amides is 1. The number of hydrogen-bond acceptors (Lipinski definition) is 6. The van der Waals surface area contributed by atoms with Crippen LogP contribution in [0, 0.1) is 5.92 Å². The molecule has 1 atom stereocenters. The third-order valence-electron chi connectivity index (χ3n) is 3.56. The first kappa shape index (κ1) is 15.5. The second-order valence-corrected chi connectivity index (χ2v) is 5.00. The van der Waals surface area contributed by atoms with Crippen molar-refractivity contribution in [1.82, 2.24) is 15.5 Å². The van der Waals surface area contributed by atoms with Gasteiger partial charge in [-0.2, -0.15) is 0 Å². The van der Waals surface area contributed by atoms with Gasteiger partial charge in [0.05, 0.1) is 19.6 Å². The highest BCUT2D eigenvalue weighted by molar-refractivity contribution is 5.79. The van der Waals surface area contributed by atoms with E-state index in [2.05, 4.69) is 20.4 Å². The van der Waals surface area contributed by atoms with Crippen molar-refractivity contribution < 1.29 is 14.3 Å². The summed E-state index contributed by atoms with van der Waals surface area (Å²) < 4.78 is 9.94. The lowest BCUT2D eigenvalue weighted by molar-refractivity contribution is -0.125. The Morgan fingerprint density at radius 3 is 2.95 bits per heavy atom. The maximum Gasteiger partial charge on any atom is 0.233 e. The number of nitrogens with zero attached hydrogens (tertiary/aromatic N) is 3. The molecular formula is C14H22N4O3. The van der Waals surface area contributed by atoms with Crippen LogP contribution < -0.4 is 15.0 Å². The number of nitrogens with one attached hydrogen (secondary N) is 1. The Morgan fingerprint density at radius 1 is 1.43 bits per heavy atom. The Kier molecular flexibility index (Phi) is 5.74. The second kappa shape index (κ2) is 7.78. The number of carbonyl (C=O) groups excluding carboxylic acids is 1. The molecule has 0 bridgehead atoms. The van der Waals surface area contributed by atoms with Gasteiger partial charge in [-0.25, -0.2) is 0 Å². The van der Waals surface area contributed by atoms with E-state index in [9.17, 15) is 4.79 Å². The third-order valence-corrected chi connectivity index (χ3v) is 3.56. The van der Waals surface area contributed by atoms with Crippen LogP contribution in [0.1, 0.15) is 12.8 Å². The monoisotopic (exact) mass is 294 g/mol. The van der Waals surface area contributed by atoms with E-state index < -0.39 is 0 Å². The van der Waals surface area contributed by atoms with Crippen molar-refractivity contribution in [3.63, 3.8) is 0 Å². The summed E-state index contributed by atoms with van der Waals surface area (Å²) in [5.74, 6) is 1.34. The quantitative estimate of drug-likeness (QED) is 0.768. The first-order chi connectivity index (χ1) is 10.2. The van der Waals surface area contributed by atoms with Gasteiger partial charge in [0.1, 0.15) is 0 Å². The molecule has 2 rings (SSSR count). The second-order valence-electron chi connectivity index (χ2n) is 5.00. The van der Waals surface area contributed by atoms with Gasteiger partial charge >= 0.3 is 0 Å². The molecule has 0 unspecified atom stereocenters. The van der Waals surface area contributed by atoms with Crippen molar-refractivity contribution in [2.24, 2.45) is 5.92 Å². The summed E-state index contributed by atoms with van der Waals surface area (Å²) in [6.45, 7) is 2.64. The van der Waals surface area contributed by atoms with Gasteiger partial charge in [0.25, 0.3) is 0 Å². The zero-order valence-electron chi connectivity index (χ0n) is 12.5. The summed E-state index contributed by atoms with van der Waals surface area (Å²) in [4.78, 5) is 14.2. The molecule has 0 saturated carbocycles. The molecule has 1 aromatic rings. The first-order valence-corrected chi connectivity index (χ1v) is 7.14. The number of hydrogen-bond donors (Lipinski definition) is 1. The van der Waals surface area contributed by atoms with Crippen LogP contribution in [0.2, 0.25) is 0 Å². The molecule has 0 aromatic carbocycles. The van der Waals surface area contributed by atoms with E-state index >= 15 is 0 Å². The Hall–Kier alpha value is -1.89. The highest BCUT2D eigenvalue weighted by Crippen LogP contribution is 2.22. The SMILES string of the molecule is COCCNC(=O)[C@H]1CCCN(c2ccc(OC)nn2)C1. The smallest absolute Gasteiger partial charge is 0.233 e. The van der Waals surface area contributed by atoms with Gasteiger partial charge in [-0.3, -0.25) is 4.79 Å². The summed E-state index contributed by atoms with van der Waals surface area (Å²) in [7, 11) is 3.18. The van der Waals surface area contributed by atoms with Gasteiger partial charge in [-0.1, -0.05) is 0 Å². The average Bonchev–Trinajstić information content (AvgIpc) is 2.55. The van der Waals surface area contributed by atoms with E-state index in [1.54, 1.807) is 20.3 Å². The largest absolute Gasteiger partial charge is 0.480 e. The Balaban J connectivity index is 1.91. The van der Waals surface area contributed by atoms with Gasteiger partial charge < -0.3 is 19.7 Å². The van der Waals surface area contributed by atoms with Gasteiger partial charge in [0.15, 0.2) is 5.82 Å². The van der Waals surface area contributed by atoms with Crippen LogP contribution in [0.5, 0.6) is 5.88 Å². The molecule has 1 amide bonds. The molecular weight excluding hydrogens is 272 g/mol. The zero-order chi connectivity index (χ0) is 15.1. The van der Waals surface area contributed by atoms with Crippen LogP contribution in [-0.4, -0.2) is 56.6 Å². The summed E-state index contributed by atoms with van der Waals surface area (Å²) in [5.41, 5.74) is 0. The minimum atomic E-state index is -0.0143. The molecule has 7 nitrogen and oxygen atoms in total. The summed E-state index contributed by atoms with van der Waals surface area (Å²) in [6.07, 6.45) is 1.87. The lowest BCUT2D eigenvalue weighted by atomic mass is 9.97. The van der Waals surface area contributed by atoms with Crippen LogP contribution >= 0.6 is 0 Å². The summed E-state index contributed by atoms with van der Waals surface area (Å²) >= 11 is 0. The van der Waals surface area contributed by atoms with E-state index in [0.29, 0.717) is 25.6 Å². The van der Waals surface area contributed by atoms with E-state index in [4.69, 9.17) is 9.47 Å². The number of rotatable bonds is 6. The molecule has 0 spiro atoms. The average molecular weight is 294 g/mol.